The molecule has 2 unspecified atom stereocenters. The number of anilines is 3. The number of carbonyl (C=O) groups is 1. The van der Waals surface area contributed by atoms with Crippen molar-refractivity contribution in [1.82, 2.24) is 19.9 Å². The molecule has 12 heteroatoms. The first-order valence-electron chi connectivity index (χ1n) is 10.3. The fourth-order valence-electron chi connectivity index (χ4n) is 2.64. The number of hydrogen-bond donors (Lipinski definition) is 4. The van der Waals surface area contributed by atoms with Gasteiger partial charge in [-0.3, -0.25) is 4.79 Å². The molecule has 0 aromatic carbocycles. The Kier molecular flexibility index (Phi) is 8.79. The summed E-state index contributed by atoms with van der Waals surface area (Å²) in [5.74, 6) is 0.304. The maximum absolute atomic E-state index is 13.0. The summed E-state index contributed by atoms with van der Waals surface area (Å²) in [6.45, 7) is 3.12. The molecule has 3 heterocycles. The van der Waals surface area contributed by atoms with Crippen LogP contribution in [0.1, 0.15) is 18.1 Å². The van der Waals surface area contributed by atoms with Crippen molar-refractivity contribution in [3.63, 3.8) is 0 Å². The lowest BCUT2D eigenvalue weighted by Gasteiger charge is -2.21. The van der Waals surface area contributed by atoms with Gasteiger partial charge in [0.25, 0.3) is 5.91 Å². The van der Waals surface area contributed by atoms with Crippen LogP contribution in [-0.2, 0) is 9.53 Å². The first kappa shape index (κ1) is 25.0. The number of ether oxygens (including phenoxy) is 2. The van der Waals surface area contributed by atoms with E-state index in [0.717, 1.165) is 11.8 Å². The quantitative estimate of drug-likeness (QED) is 0.300. The number of carbonyl (C=O) groups excluding carboxylic acids is 1. The Morgan fingerprint density at radius 2 is 2.06 bits per heavy atom. The number of pyridine rings is 2. The van der Waals surface area contributed by atoms with Crippen LogP contribution in [0, 0.1) is 12.3 Å². The van der Waals surface area contributed by atoms with Gasteiger partial charge in [-0.2, -0.15) is 0 Å². The summed E-state index contributed by atoms with van der Waals surface area (Å²) in [6.07, 6.45) is 3.69. The largest absolute Gasteiger partial charge is 0.461 e. The van der Waals surface area contributed by atoms with E-state index in [4.69, 9.17) is 26.5 Å². The van der Waals surface area contributed by atoms with E-state index in [9.17, 15) is 9.90 Å². The number of nitrogens with zero attached hydrogens (tertiary/aromatic N) is 4. The number of aliphatic hydroxyl groups excluding tert-OH is 1. The highest BCUT2D eigenvalue weighted by Gasteiger charge is 2.25. The van der Waals surface area contributed by atoms with Gasteiger partial charge in [-0.25, -0.2) is 19.9 Å². The zero-order valence-corrected chi connectivity index (χ0v) is 19.3. The summed E-state index contributed by atoms with van der Waals surface area (Å²) < 4.78 is 11.4. The van der Waals surface area contributed by atoms with E-state index in [2.05, 4.69) is 30.6 Å². The summed E-state index contributed by atoms with van der Waals surface area (Å²) >= 11 is 6.15. The summed E-state index contributed by atoms with van der Waals surface area (Å²) in [6, 6.07) is 6.80. The number of aryl methyl sites for hydroxylation is 1. The summed E-state index contributed by atoms with van der Waals surface area (Å²) in [5, 5.41) is 23.1. The summed E-state index contributed by atoms with van der Waals surface area (Å²) in [4.78, 5) is 29.5. The Morgan fingerprint density at radius 1 is 1.24 bits per heavy atom. The number of nitrogens with one attached hydrogen (secondary N) is 3. The predicted molar refractivity (Wildman–Crippen MR) is 127 cm³/mol. The molecule has 0 spiro atoms. The highest BCUT2D eigenvalue weighted by molar-refractivity contribution is 6.33. The topological polar surface area (TPSA) is 155 Å². The Labute approximate surface area is 201 Å². The summed E-state index contributed by atoms with van der Waals surface area (Å²) in [5.41, 5.74) is 1.11. The third-order valence-corrected chi connectivity index (χ3v) is 4.79. The zero-order valence-electron chi connectivity index (χ0n) is 18.5. The average Bonchev–Trinajstić information content (AvgIpc) is 2.84. The third kappa shape index (κ3) is 6.67. The number of rotatable bonds is 11. The Balaban J connectivity index is 1.85. The second-order valence-electron chi connectivity index (χ2n) is 7.19. The number of aliphatic hydroxyl groups is 1. The molecule has 0 saturated carbocycles. The molecule has 11 nitrogen and oxygen atoms in total. The SMILES string of the molecule is Cc1ccc(NC(=O)C(COC(C)CO)Oc2ncnc(Nc3ncccc3Cl)c2C=N)nc1. The molecule has 0 saturated heterocycles. The number of aromatic nitrogens is 4. The van der Waals surface area contributed by atoms with Crippen molar-refractivity contribution in [2.45, 2.75) is 26.1 Å². The van der Waals surface area contributed by atoms with Gasteiger partial charge in [0.1, 0.15) is 23.8 Å². The minimum Gasteiger partial charge on any atom is -0.461 e. The molecule has 0 bridgehead atoms. The standard InChI is InChI=1S/C22H24ClN7O4/c1-13-5-6-18(26-9-13)29-21(32)17(11-33-14(2)10-31)34-22-15(8-24)19(27-12-28-22)30-20-16(23)4-3-7-25-20/h3-9,12,14,17,24,31H,10-11H2,1-2H3,(H,26,29,32)(H,25,27,28,30). The van der Waals surface area contributed by atoms with Gasteiger partial charge in [0.15, 0.2) is 0 Å². The lowest BCUT2D eigenvalue weighted by atomic mass is 10.2. The van der Waals surface area contributed by atoms with E-state index in [1.165, 1.54) is 6.33 Å². The third-order valence-electron chi connectivity index (χ3n) is 4.49. The van der Waals surface area contributed by atoms with Crippen molar-refractivity contribution in [3.8, 4) is 5.88 Å². The highest BCUT2D eigenvalue weighted by atomic mass is 35.5. The van der Waals surface area contributed by atoms with Gasteiger partial charge in [0, 0.05) is 18.6 Å². The van der Waals surface area contributed by atoms with Crippen LogP contribution in [0.4, 0.5) is 17.5 Å². The Bertz CT molecular complexity index is 1130. The second-order valence-corrected chi connectivity index (χ2v) is 7.59. The van der Waals surface area contributed by atoms with Crippen molar-refractivity contribution in [2.75, 3.05) is 23.8 Å². The molecule has 3 aromatic rings. The van der Waals surface area contributed by atoms with Crippen LogP contribution in [0.5, 0.6) is 5.88 Å². The minimum absolute atomic E-state index is 0.0307. The van der Waals surface area contributed by atoms with Crippen molar-refractivity contribution in [3.05, 3.63) is 59.1 Å². The number of halogens is 1. The van der Waals surface area contributed by atoms with Crippen LogP contribution >= 0.6 is 11.6 Å². The van der Waals surface area contributed by atoms with Gasteiger partial charge in [-0.1, -0.05) is 17.7 Å². The predicted octanol–water partition coefficient (Wildman–Crippen LogP) is 2.75. The Hall–Kier alpha value is -3.67. The van der Waals surface area contributed by atoms with E-state index >= 15 is 0 Å². The molecule has 0 aliphatic carbocycles. The van der Waals surface area contributed by atoms with Gasteiger partial charge in [0.2, 0.25) is 12.0 Å². The van der Waals surface area contributed by atoms with E-state index in [-0.39, 0.29) is 30.5 Å². The van der Waals surface area contributed by atoms with Crippen molar-refractivity contribution in [1.29, 1.82) is 5.41 Å². The highest BCUT2D eigenvalue weighted by Crippen LogP contribution is 2.27. The van der Waals surface area contributed by atoms with Crippen LogP contribution in [0.15, 0.2) is 43.0 Å². The minimum atomic E-state index is -1.17. The van der Waals surface area contributed by atoms with Crippen molar-refractivity contribution < 1.29 is 19.4 Å². The molecule has 34 heavy (non-hydrogen) atoms. The lowest BCUT2D eigenvalue weighted by molar-refractivity contribution is -0.127. The van der Waals surface area contributed by atoms with E-state index in [1.807, 2.05) is 6.92 Å². The van der Waals surface area contributed by atoms with Crippen LogP contribution in [0.3, 0.4) is 0 Å². The fraction of sp³-hybridized carbons (Fsp3) is 0.273. The van der Waals surface area contributed by atoms with Crippen LogP contribution in [0.25, 0.3) is 0 Å². The maximum Gasteiger partial charge on any atom is 0.269 e. The molecule has 4 N–H and O–H groups in total. The first-order valence-corrected chi connectivity index (χ1v) is 10.6. The van der Waals surface area contributed by atoms with E-state index in [1.54, 1.807) is 43.6 Å². The zero-order chi connectivity index (χ0) is 24.5. The molecule has 3 rings (SSSR count). The van der Waals surface area contributed by atoms with Crippen molar-refractivity contribution in [2.24, 2.45) is 0 Å². The van der Waals surface area contributed by atoms with Gasteiger partial charge < -0.3 is 30.6 Å². The lowest BCUT2D eigenvalue weighted by Crippen LogP contribution is -2.39. The monoisotopic (exact) mass is 485 g/mol. The van der Waals surface area contributed by atoms with Gasteiger partial charge in [0.05, 0.1) is 29.9 Å². The first-order chi connectivity index (χ1) is 16.4. The second kappa shape index (κ2) is 12.0. The van der Waals surface area contributed by atoms with E-state index < -0.39 is 18.1 Å². The Morgan fingerprint density at radius 3 is 2.74 bits per heavy atom. The molecule has 0 fully saturated rings. The molecule has 0 radical (unpaired) electrons. The normalized spacial score (nSPS) is 12.5. The van der Waals surface area contributed by atoms with Gasteiger partial charge in [-0.05, 0) is 37.6 Å². The molecular formula is C22H24ClN7O4. The van der Waals surface area contributed by atoms with Crippen LogP contribution in [0.2, 0.25) is 5.02 Å². The molecule has 1 amide bonds. The average molecular weight is 486 g/mol. The van der Waals surface area contributed by atoms with E-state index in [0.29, 0.717) is 16.7 Å². The molecule has 0 aliphatic heterocycles. The van der Waals surface area contributed by atoms with Crippen LogP contribution in [-0.4, -0.2) is 62.6 Å². The smallest absolute Gasteiger partial charge is 0.269 e. The van der Waals surface area contributed by atoms with Crippen molar-refractivity contribution >= 4 is 41.2 Å². The van der Waals surface area contributed by atoms with Gasteiger partial charge >= 0.3 is 0 Å². The number of hydrogen-bond acceptors (Lipinski definition) is 10. The number of amides is 1. The van der Waals surface area contributed by atoms with Gasteiger partial charge in [-0.15, -0.1) is 0 Å². The molecule has 2 atom stereocenters. The molecule has 178 valence electrons. The van der Waals surface area contributed by atoms with Crippen LogP contribution < -0.4 is 15.4 Å². The molecular weight excluding hydrogens is 462 g/mol. The molecule has 3 aromatic heterocycles. The maximum atomic E-state index is 13.0. The molecule has 0 aliphatic rings. The summed E-state index contributed by atoms with van der Waals surface area (Å²) in [7, 11) is 0. The fourth-order valence-corrected chi connectivity index (χ4v) is 2.81.